The lowest BCUT2D eigenvalue weighted by molar-refractivity contribution is -0.150. The third-order valence-electron chi connectivity index (χ3n) is 1.69. The van der Waals surface area contributed by atoms with Crippen LogP contribution in [0.2, 0.25) is 0 Å². The van der Waals surface area contributed by atoms with Gasteiger partial charge in [-0.3, -0.25) is 4.90 Å². The zero-order chi connectivity index (χ0) is 12.9. The molecule has 0 amide bonds. The molecule has 16 heavy (non-hydrogen) atoms. The summed E-state index contributed by atoms with van der Waals surface area (Å²) in [5.74, 6) is -0.332. The van der Waals surface area contributed by atoms with E-state index in [2.05, 4.69) is 13.2 Å². The van der Waals surface area contributed by atoms with E-state index in [0.717, 1.165) is 12.1 Å². The Kier molecular flexibility index (Phi) is 5.45. The first-order chi connectivity index (χ1) is 7.11. The van der Waals surface area contributed by atoms with Crippen LogP contribution in [0, 0.1) is 0 Å². The van der Waals surface area contributed by atoms with Crippen LogP contribution in [0.3, 0.4) is 0 Å². The molecule has 0 fully saturated rings. The first-order valence-corrected chi connectivity index (χ1v) is 5.36. The lowest BCUT2D eigenvalue weighted by Gasteiger charge is -2.22. The van der Waals surface area contributed by atoms with Crippen LogP contribution < -0.4 is 0 Å². The maximum Gasteiger partial charge on any atom is 0.335 e. The number of hydrogen-bond donors (Lipinski definition) is 0. The van der Waals surface area contributed by atoms with Gasteiger partial charge in [0.05, 0.1) is 0 Å². The molecule has 0 aliphatic carbocycles. The average molecular weight is 225 g/mol. The SMILES string of the molecule is C=C(C)CN(C)CC(=C)C(=O)OC(C)(C)C. The molecule has 0 radical (unpaired) electrons. The summed E-state index contributed by atoms with van der Waals surface area (Å²) in [4.78, 5) is 13.6. The molecular formula is C13H23NO2. The number of ether oxygens (including phenoxy) is 1. The Labute approximate surface area is 98.8 Å². The summed E-state index contributed by atoms with van der Waals surface area (Å²) >= 11 is 0. The van der Waals surface area contributed by atoms with Crippen LogP contribution in [0.25, 0.3) is 0 Å². The zero-order valence-electron chi connectivity index (χ0n) is 11.1. The molecule has 3 nitrogen and oxygen atoms in total. The smallest absolute Gasteiger partial charge is 0.335 e. The van der Waals surface area contributed by atoms with Crippen molar-refractivity contribution < 1.29 is 9.53 Å². The Morgan fingerprint density at radius 1 is 1.25 bits per heavy atom. The first kappa shape index (κ1) is 14.9. The fraction of sp³-hybridized carbons (Fsp3) is 0.615. The number of rotatable bonds is 5. The number of esters is 1. The van der Waals surface area contributed by atoms with Gasteiger partial charge in [-0.25, -0.2) is 4.79 Å². The molecule has 0 saturated heterocycles. The highest BCUT2D eigenvalue weighted by Crippen LogP contribution is 2.10. The third-order valence-corrected chi connectivity index (χ3v) is 1.69. The van der Waals surface area contributed by atoms with Gasteiger partial charge in [-0.05, 0) is 34.7 Å². The average Bonchev–Trinajstić information content (AvgIpc) is 1.98. The largest absolute Gasteiger partial charge is 0.457 e. The lowest BCUT2D eigenvalue weighted by atomic mass is 10.2. The molecule has 0 aromatic heterocycles. The molecule has 0 aromatic carbocycles. The van der Waals surface area contributed by atoms with Gasteiger partial charge in [0.2, 0.25) is 0 Å². The Balaban J connectivity index is 4.16. The molecule has 0 heterocycles. The fourth-order valence-corrected chi connectivity index (χ4v) is 1.26. The van der Waals surface area contributed by atoms with Crippen molar-refractivity contribution in [3.8, 4) is 0 Å². The topological polar surface area (TPSA) is 29.5 Å². The molecule has 92 valence electrons. The van der Waals surface area contributed by atoms with E-state index < -0.39 is 5.60 Å². The third kappa shape index (κ3) is 7.23. The molecule has 0 saturated carbocycles. The van der Waals surface area contributed by atoms with Gasteiger partial charge in [0.25, 0.3) is 0 Å². The second-order valence-corrected chi connectivity index (χ2v) is 5.23. The molecule has 3 heteroatoms. The highest BCUT2D eigenvalue weighted by atomic mass is 16.6. The van der Waals surface area contributed by atoms with E-state index in [-0.39, 0.29) is 5.97 Å². The maximum absolute atomic E-state index is 11.6. The second kappa shape index (κ2) is 5.85. The van der Waals surface area contributed by atoms with Crippen molar-refractivity contribution in [2.75, 3.05) is 20.1 Å². The van der Waals surface area contributed by atoms with Crippen molar-refractivity contribution in [3.63, 3.8) is 0 Å². The van der Waals surface area contributed by atoms with Gasteiger partial charge in [-0.2, -0.15) is 0 Å². The predicted octanol–water partition coefficient (Wildman–Crippen LogP) is 2.39. The van der Waals surface area contributed by atoms with Gasteiger partial charge < -0.3 is 4.74 Å². The summed E-state index contributed by atoms with van der Waals surface area (Å²) in [5.41, 5.74) is 1.06. The molecule has 0 aliphatic heterocycles. The van der Waals surface area contributed by atoms with E-state index in [9.17, 15) is 4.79 Å². The highest BCUT2D eigenvalue weighted by Gasteiger charge is 2.19. The number of carbonyl (C=O) groups is 1. The second-order valence-electron chi connectivity index (χ2n) is 5.23. The van der Waals surface area contributed by atoms with E-state index >= 15 is 0 Å². The van der Waals surface area contributed by atoms with Crippen LogP contribution in [0.1, 0.15) is 27.7 Å². The summed E-state index contributed by atoms with van der Waals surface area (Å²) in [6.45, 7) is 16.3. The minimum atomic E-state index is -0.465. The van der Waals surface area contributed by atoms with E-state index in [1.807, 2.05) is 39.6 Å². The summed E-state index contributed by atoms with van der Waals surface area (Å²) in [6, 6.07) is 0. The van der Waals surface area contributed by atoms with Gasteiger partial charge in [-0.15, -0.1) is 0 Å². The first-order valence-electron chi connectivity index (χ1n) is 5.36. The molecule has 0 aliphatic rings. The zero-order valence-corrected chi connectivity index (χ0v) is 11.1. The van der Waals surface area contributed by atoms with Crippen LogP contribution in [0.4, 0.5) is 0 Å². The van der Waals surface area contributed by atoms with Crippen molar-refractivity contribution in [3.05, 3.63) is 24.3 Å². The molecule has 0 unspecified atom stereocenters. The summed E-state index contributed by atoms with van der Waals surface area (Å²) in [5, 5.41) is 0. The highest BCUT2D eigenvalue weighted by molar-refractivity contribution is 5.88. The van der Waals surface area contributed by atoms with E-state index in [1.54, 1.807) is 0 Å². The molecule has 0 spiro atoms. The minimum Gasteiger partial charge on any atom is -0.457 e. The fourth-order valence-electron chi connectivity index (χ4n) is 1.26. The molecule has 0 bridgehead atoms. The van der Waals surface area contributed by atoms with E-state index in [1.165, 1.54) is 0 Å². The minimum absolute atomic E-state index is 0.332. The van der Waals surface area contributed by atoms with Crippen LogP contribution in [-0.4, -0.2) is 36.6 Å². The van der Waals surface area contributed by atoms with Crippen molar-refractivity contribution in [2.45, 2.75) is 33.3 Å². The number of likely N-dealkylation sites (N-methyl/N-ethyl adjacent to an activating group) is 1. The summed E-state index contributed by atoms with van der Waals surface area (Å²) < 4.78 is 5.22. The molecular weight excluding hydrogens is 202 g/mol. The Bertz CT molecular complexity index is 287. The predicted molar refractivity (Wildman–Crippen MR) is 67.3 cm³/mol. The van der Waals surface area contributed by atoms with Crippen molar-refractivity contribution in [1.29, 1.82) is 0 Å². The van der Waals surface area contributed by atoms with Gasteiger partial charge in [0.15, 0.2) is 0 Å². The van der Waals surface area contributed by atoms with Crippen molar-refractivity contribution >= 4 is 5.97 Å². The quantitative estimate of drug-likeness (QED) is 0.409. The molecule has 0 rings (SSSR count). The number of nitrogens with zero attached hydrogens (tertiary/aromatic N) is 1. The van der Waals surface area contributed by atoms with Gasteiger partial charge in [0.1, 0.15) is 5.60 Å². The number of hydrogen-bond acceptors (Lipinski definition) is 3. The maximum atomic E-state index is 11.6. The van der Waals surface area contributed by atoms with Crippen LogP contribution in [-0.2, 0) is 9.53 Å². The van der Waals surface area contributed by atoms with E-state index in [4.69, 9.17) is 4.74 Å². The van der Waals surface area contributed by atoms with Gasteiger partial charge in [-0.1, -0.05) is 18.7 Å². The Hall–Kier alpha value is -1.09. The van der Waals surface area contributed by atoms with Crippen molar-refractivity contribution in [1.82, 2.24) is 4.90 Å². The van der Waals surface area contributed by atoms with Gasteiger partial charge >= 0.3 is 5.97 Å². The summed E-state index contributed by atoms with van der Waals surface area (Å²) in [6.07, 6.45) is 0. The summed E-state index contributed by atoms with van der Waals surface area (Å²) in [7, 11) is 1.92. The number of carbonyl (C=O) groups excluding carboxylic acids is 1. The molecule has 0 aromatic rings. The van der Waals surface area contributed by atoms with E-state index in [0.29, 0.717) is 12.1 Å². The lowest BCUT2D eigenvalue weighted by Crippen LogP contribution is -2.30. The van der Waals surface area contributed by atoms with Crippen LogP contribution >= 0.6 is 0 Å². The monoisotopic (exact) mass is 225 g/mol. The molecule has 0 N–H and O–H groups in total. The normalized spacial score (nSPS) is 11.4. The van der Waals surface area contributed by atoms with Crippen molar-refractivity contribution in [2.24, 2.45) is 0 Å². The van der Waals surface area contributed by atoms with Crippen LogP contribution in [0.15, 0.2) is 24.3 Å². The Morgan fingerprint density at radius 3 is 2.12 bits per heavy atom. The van der Waals surface area contributed by atoms with Gasteiger partial charge in [0, 0.05) is 18.7 Å². The van der Waals surface area contributed by atoms with Crippen LogP contribution in [0.5, 0.6) is 0 Å². The molecule has 0 atom stereocenters. The Morgan fingerprint density at radius 2 is 1.75 bits per heavy atom. The standard InChI is InChI=1S/C13H23NO2/c1-10(2)8-14(7)9-11(3)12(15)16-13(4,5)6/h1,3,8-9H2,2,4-7H3.